The second-order valence-corrected chi connectivity index (χ2v) is 6.60. The quantitative estimate of drug-likeness (QED) is 0.518. The molecule has 0 bridgehead atoms. The van der Waals surface area contributed by atoms with Crippen LogP contribution in [0.25, 0.3) is 12.2 Å². The molecule has 0 aliphatic carbocycles. The number of anilines is 2. The Labute approximate surface area is 186 Å². The number of carbonyl (C=O) groups excluding carboxylic acids is 2. The van der Waals surface area contributed by atoms with Crippen molar-refractivity contribution >= 4 is 35.6 Å². The van der Waals surface area contributed by atoms with E-state index in [1.54, 1.807) is 44.6 Å². The van der Waals surface area contributed by atoms with E-state index in [0.717, 1.165) is 22.6 Å². The molecule has 0 aliphatic rings. The van der Waals surface area contributed by atoms with Crippen molar-refractivity contribution in [1.82, 2.24) is 4.98 Å². The molecule has 1 heterocycles. The van der Waals surface area contributed by atoms with Crippen molar-refractivity contribution < 1.29 is 19.1 Å². The summed E-state index contributed by atoms with van der Waals surface area (Å²) in [5, 5.41) is 5.35. The van der Waals surface area contributed by atoms with E-state index in [1.165, 1.54) is 12.2 Å². The van der Waals surface area contributed by atoms with Gasteiger partial charge in [0.25, 0.3) is 0 Å². The standard InChI is InChI=1S/C25H23N3O4/c1-31-20-12-6-18(7-13-20)10-16-24(29)27-22-4-3-5-23(26-22)28-25(30)17-11-19-8-14-21(32-2)15-9-19/h3-17H,1-2H3,(H2,26,27,28,29,30). The van der Waals surface area contributed by atoms with Crippen molar-refractivity contribution in [2.45, 2.75) is 0 Å². The zero-order chi connectivity index (χ0) is 22.8. The molecule has 2 amide bonds. The Morgan fingerprint density at radius 3 is 1.47 bits per heavy atom. The van der Waals surface area contributed by atoms with Crippen molar-refractivity contribution in [2.24, 2.45) is 0 Å². The molecule has 0 aliphatic heterocycles. The summed E-state index contributed by atoms with van der Waals surface area (Å²) in [7, 11) is 3.19. The van der Waals surface area contributed by atoms with Crippen molar-refractivity contribution in [2.75, 3.05) is 24.9 Å². The van der Waals surface area contributed by atoms with Gasteiger partial charge in [-0.1, -0.05) is 30.3 Å². The molecule has 0 saturated heterocycles. The van der Waals surface area contributed by atoms with Gasteiger partial charge in [-0.15, -0.1) is 0 Å². The van der Waals surface area contributed by atoms with Crippen LogP contribution in [0.5, 0.6) is 11.5 Å². The zero-order valence-corrected chi connectivity index (χ0v) is 17.7. The number of amides is 2. The van der Waals surface area contributed by atoms with E-state index in [2.05, 4.69) is 15.6 Å². The second-order valence-electron chi connectivity index (χ2n) is 6.60. The van der Waals surface area contributed by atoms with Crippen LogP contribution < -0.4 is 20.1 Å². The number of rotatable bonds is 8. The maximum absolute atomic E-state index is 12.2. The van der Waals surface area contributed by atoms with Crippen LogP contribution in [0.4, 0.5) is 11.6 Å². The summed E-state index contributed by atoms with van der Waals surface area (Å²) in [6, 6.07) is 19.6. The fourth-order valence-corrected chi connectivity index (χ4v) is 2.68. The Kier molecular flexibility index (Phi) is 7.75. The third-order valence-electron chi connectivity index (χ3n) is 4.34. The molecule has 7 heteroatoms. The van der Waals surface area contributed by atoms with E-state index in [0.29, 0.717) is 11.6 Å². The van der Waals surface area contributed by atoms with Gasteiger partial charge in [-0.2, -0.15) is 0 Å². The van der Waals surface area contributed by atoms with Gasteiger partial charge in [0.2, 0.25) is 11.8 Å². The highest BCUT2D eigenvalue weighted by molar-refractivity contribution is 6.03. The maximum Gasteiger partial charge on any atom is 0.249 e. The maximum atomic E-state index is 12.2. The summed E-state index contributed by atoms with van der Waals surface area (Å²) in [5.74, 6) is 1.46. The Bertz CT molecular complexity index is 1030. The highest BCUT2D eigenvalue weighted by Crippen LogP contribution is 2.14. The van der Waals surface area contributed by atoms with Crippen LogP contribution in [0.2, 0.25) is 0 Å². The lowest BCUT2D eigenvalue weighted by Gasteiger charge is -2.05. The van der Waals surface area contributed by atoms with Crippen LogP contribution in [-0.4, -0.2) is 31.0 Å². The van der Waals surface area contributed by atoms with Crippen LogP contribution in [0, 0.1) is 0 Å². The molecule has 3 aromatic rings. The topological polar surface area (TPSA) is 89.6 Å². The van der Waals surface area contributed by atoms with Crippen molar-refractivity contribution in [1.29, 1.82) is 0 Å². The third-order valence-corrected chi connectivity index (χ3v) is 4.34. The van der Waals surface area contributed by atoms with Crippen molar-refractivity contribution in [3.8, 4) is 11.5 Å². The average molecular weight is 429 g/mol. The Balaban J connectivity index is 1.55. The highest BCUT2D eigenvalue weighted by atomic mass is 16.5. The van der Waals surface area contributed by atoms with Gasteiger partial charge < -0.3 is 20.1 Å². The monoisotopic (exact) mass is 429 g/mol. The number of nitrogens with zero attached hydrogens (tertiary/aromatic N) is 1. The van der Waals surface area contributed by atoms with Crippen molar-refractivity contribution in [3.63, 3.8) is 0 Å². The van der Waals surface area contributed by atoms with Crippen LogP contribution >= 0.6 is 0 Å². The number of pyridine rings is 1. The van der Waals surface area contributed by atoms with Gasteiger partial charge in [0.1, 0.15) is 23.1 Å². The van der Waals surface area contributed by atoms with E-state index in [9.17, 15) is 9.59 Å². The van der Waals surface area contributed by atoms with E-state index in [-0.39, 0.29) is 11.8 Å². The lowest BCUT2D eigenvalue weighted by atomic mass is 10.2. The molecule has 2 aromatic carbocycles. The van der Waals surface area contributed by atoms with Crippen LogP contribution in [-0.2, 0) is 9.59 Å². The predicted octanol–water partition coefficient (Wildman–Crippen LogP) is 4.40. The van der Waals surface area contributed by atoms with Gasteiger partial charge in [-0.25, -0.2) is 4.98 Å². The smallest absolute Gasteiger partial charge is 0.249 e. The van der Waals surface area contributed by atoms with Gasteiger partial charge in [0.15, 0.2) is 0 Å². The molecule has 0 atom stereocenters. The summed E-state index contributed by atoms with van der Waals surface area (Å²) in [6.07, 6.45) is 6.19. The third kappa shape index (κ3) is 6.84. The fourth-order valence-electron chi connectivity index (χ4n) is 2.68. The average Bonchev–Trinajstić information content (AvgIpc) is 2.82. The van der Waals surface area contributed by atoms with E-state index in [1.807, 2.05) is 48.5 Å². The molecule has 3 rings (SSSR count). The fraction of sp³-hybridized carbons (Fsp3) is 0.0800. The minimum atomic E-state index is -0.337. The number of hydrogen-bond donors (Lipinski definition) is 2. The Hall–Kier alpha value is -4.39. The first-order valence-corrected chi connectivity index (χ1v) is 9.79. The van der Waals surface area contributed by atoms with Gasteiger partial charge in [0.05, 0.1) is 14.2 Å². The molecule has 0 radical (unpaired) electrons. The zero-order valence-electron chi connectivity index (χ0n) is 17.7. The number of methoxy groups -OCH3 is 2. The summed E-state index contributed by atoms with van der Waals surface area (Å²) in [4.78, 5) is 28.6. The molecular formula is C25H23N3O4. The normalized spacial score (nSPS) is 10.8. The van der Waals surface area contributed by atoms with Crippen molar-refractivity contribution in [3.05, 3.63) is 90.0 Å². The molecule has 2 N–H and O–H groups in total. The molecule has 0 saturated carbocycles. The minimum absolute atomic E-state index is 0.325. The van der Waals surface area contributed by atoms with E-state index in [4.69, 9.17) is 9.47 Å². The summed E-state index contributed by atoms with van der Waals surface area (Å²) in [6.45, 7) is 0. The Morgan fingerprint density at radius 2 is 1.09 bits per heavy atom. The molecule has 0 spiro atoms. The number of benzene rings is 2. The Morgan fingerprint density at radius 1 is 0.688 bits per heavy atom. The summed E-state index contributed by atoms with van der Waals surface area (Å²) < 4.78 is 10.2. The number of ether oxygens (including phenoxy) is 2. The number of hydrogen-bond acceptors (Lipinski definition) is 5. The van der Waals surface area contributed by atoms with Crippen LogP contribution in [0.1, 0.15) is 11.1 Å². The molecule has 1 aromatic heterocycles. The number of nitrogens with one attached hydrogen (secondary N) is 2. The summed E-state index contributed by atoms with van der Waals surface area (Å²) in [5.41, 5.74) is 1.72. The van der Waals surface area contributed by atoms with E-state index < -0.39 is 0 Å². The van der Waals surface area contributed by atoms with Crippen LogP contribution in [0.15, 0.2) is 78.9 Å². The molecule has 7 nitrogen and oxygen atoms in total. The lowest BCUT2D eigenvalue weighted by molar-refractivity contribution is -0.112. The SMILES string of the molecule is COc1ccc(C=CC(=O)Nc2cccc(NC(=O)C=Cc3ccc(OC)cc3)n2)cc1. The van der Waals surface area contributed by atoms with Gasteiger partial charge in [-0.3, -0.25) is 9.59 Å². The van der Waals surface area contributed by atoms with E-state index >= 15 is 0 Å². The molecule has 0 unspecified atom stereocenters. The summed E-state index contributed by atoms with van der Waals surface area (Å²) >= 11 is 0. The lowest BCUT2D eigenvalue weighted by Crippen LogP contribution is -2.12. The number of aromatic nitrogens is 1. The van der Waals surface area contributed by atoms with Gasteiger partial charge >= 0.3 is 0 Å². The van der Waals surface area contributed by atoms with Gasteiger partial charge in [-0.05, 0) is 59.7 Å². The first kappa shape index (κ1) is 22.3. The molecule has 32 heavy (non-hydrogen) atoms. The first-order valence-electron chi connectivity index (χ1n) is 9.79. The minimum Gasteiger partial charge on any atom is -0.497 e. The largest absolute Gasteiger partial charge is 0.497 e. The number of carbonyl (C=O) groups is 2. The predicted molar refractivity (Wildman–Crippen MR) is 126 cm³/mol. The second kappa shape index (κ2) is 11.1. The molecule has 162 valence electrons. The van der Waals surface area contributed by atoms with Crippen LogP contribution in [0.3, 0.4) is 0 Å². The molecule has 0 fully saturated rings. The first-order chi connectivity index (χ1) is 15.6. The molecular weight excluding hydrogens is 406 g/mol. The van der Waals surface area contributed by atoms with Gasteiger partial charge in [0, 0.05) is 12.2 Å². The highest BCUT2D eigenvalue weighted by Gasteiger charge is 2.04.